The second-order valence-corrected chi connectivity index (χ2v) is 9.13. The molecule has 0 amide bonds. The van der Waals surface area contributed by atoms with Crippen molar-refractivity contribution in [2.45, 2.75) is 31.6 Å². The molecule has 0 atom stereocenters. The molecule has 1 aliphatic heterocycles. The number of hydrogen-bond donors (Lipinski definition) is 1. The van der Waals surface area contributed by atoms with E-state index in [0.717, 1.165) is 23.1 Å². The number of aryl methyl sites for hydroxylation is 1. The molecule has 2 aromatic heterocycles. The molecule has 8 nitrogen and oxygen atoms in total. The van der Waals surface area contributed by atoms with E-state index in [4.69, 9.17) is 0 Å². The van der Waals surface area contributed by atoms with Crippen LogP contribution in [0.15, 0.2) is 46.5 Å². The molecule has 1 N–H and O–H groups in total. The van der Waals surface area contributed by atoms with Crippen molar-refractivity contribution in [3.8, 4) is 11.4 Å². The fraction of sp³-hybridized carbons (Fsp3) is 0.300. The molecular weight excluding hydrogens is 390 g/mol. The average molecular weight is 411 g/mol. The van der Waals surface area contributed by atoms with E-state index in [9.17, 15) is 13.2 Å². The number of benzene rings is 1. The van der Waals surface area contributed by atoms with Gasteiger partial charge in [-0.1, -0.05) is 30.3 Å². The van der Waals surface area contributed by atoms with Crippen molar-refractivity contribution in [2.24, 2.45) is 0 Å². The average Bonchev–Trinajstić information content (AvgIpc) is 2.70. The Morgan fingerprint density at radius 2 is 1.93 bits per heavy atom. The van der Waals surface area contributed by atoms with Gasteiger partial charge in [-0.2, -0.15) is 0 Å². The fourth-order valence-corrected chi connectivity index (χ4v) is 3.94. The number of aromatic nitrogens is 4. The molecule has 0 bridgehead atoms. The van der Waals surface area contributed by atoms with Gasteiger partial charge in [0.05, 0.1) is 11.3 Å². The summed E-state index contributed by atoms with van der Waals surface area (Å²) in [5.41, 5.74) is 3.52. The van der Waals surface area contributed by atoms with Gasteiger partial charge in [0.1, 0.15) is 0 Å². The molecule has 3 heterocycles. The standard InChI is InChI=1S/C20H21N5O3S/c1-13-15(10-21-18(22-13)14-6-4-3-5-7-14)11-25-9-8-17-16(12-25)19(26)24-20(23-17)29(2,27)28/h3-7,10H,8-9,11-12H2,1-2H3,(H,23,24,26). The Morgan fingerprint density at radius 3 is 2.62 bits per heavy atom. The molecule has 0 saturated heterocycles. The highest BCUT2D eigenvalue weighted by atomic mass is 32.2. The van der Waals surface area contributed by atoms with E-state index in [0.29, 0.717) is 43.1 Å². The Morgan fingerprint density at radius 1 is 1.17 bits per heavy atom. The molecule has 0 fully saturated rings. The van der Waals surface area contributed by atoms with E-state index >= 15 is 0 Å². The largest absolute Gasteiger partial charge is 0.297 e. The lowest BCUT2D eigenvalue weighted by Gasteiger charge is -2.27. The van der Waals surface area contributed by atoms with E-state index in [2.05, 4.69) is 24.8 Å². The minimum absolute atomic E-state index is 0.268. The second kappa shape index (κ2) is 7.49. The summed E-state index contributed by atoms with van der Waals surface area (Å²) in [6, 6.07) is 9.80. The zero-order chi connectivity index (χ0) is 20.6. The molecule has 29 heavy (non-hydrogen) atoms. The highest BCUT2D eigenvalue weighted by molar-refractivity contribution is 7.90. The first-order chi connectivity index (χ1) is 13.8. The topological polar surface area (TPSA) is 109 Å². The van der Waals surface area contributed by atoms with Crippen LogP contribution < -0.4 is 5.56 Å². The van der Waals surface area contributed by atoms with Gasteiger partial charge < -0.3 is 0 Å². The van der Waals surface area contributed by atoms with Crippen molar-refractivity contribution in [3.05, 3.63) is 69.4 Å². The summed E-state index contributed by atoms with van der Waals surface area (Å²) in [6.45, 7) is 3.63. The highest BCUT2D eigenvalue weighted by Gasteiger charge is 2.24. The second-order valence-electron chi connectivity index (χ2n) is 7.20. The van der Waals surface area contributed by atoms with E-state index < -0.39 is 15.4 Å². The zero-order valence-corrected chi connectivity index (χ0v) is 17.0. The summed E-state index contributed by atoms with van der Waals surface area (Å²) in [5.74, 6) is 0.685. The summed E-state index contributed by atoms with van der Waals surface area (Å²) < 4.78 is 23.4. The summed E-state index contributed by atoms with van der Waals surface area (Å²) in [5, 5.41) is -0.268. The smallest absolute Gasteiger partial charge is 0.256 e. The zero-order valence-electron chi connectivity index (χ0n) is 16.2. The third-order valence-corrected chi connectivity index (χ3v) is 5.88. The molecule has 3 aromatic rings. The predicted molar refractivity (Wildman–Crippen MR) is 108 cm³/mol. The Kier molecular flexibility index (Phi) is 5.01. The number of aromatic amines is 1. The normalized spacial score (nSPS) is 14.6. The lowest BCUT2D eigenvalue weighted by Crippen LogP contribution is -2.36. The number of hydrogen-bond acceptors (Lipinski definition) is 7. The van der Waals surface area contributed by atoms with E-state index in [-0.39, 0.29) is 5.16 Å². The van der Waals surface area contributed by atoms with Crippen LogP contribution in [0.4, 0.5) is 0 Å². The number of H-pyrrole nitrogens is 1. The minimum Gasteiger partial charge on any atom is -0.297 e. The molecule has 9 heteroatoms. The molecule has 0 aliphatic carbocycles. The molecule has 0 radical (unpaired) electrons. The molecule has 1 aliphatic rings. The molecule has 4 rings (SSSR count). The fourth-order valence-electron chi connectivity index (χ4n) is 3.38. The maximum atomic E-state index is 12.4. The Bertz CT molecular complexity index is 1220. The Balaban J connectivity index is 1.55. The third-order valence-electron chi connectivity index (χ3n) is 4.98. The van der Waals surface area contributed by atoms with Crippen molar-refractivity contribution in [2.75, 3.05) is 12.8 Å². The van der Waals surface area contributed by atoms with Crippen LogP contribution in [-0.4, -0.2) is 46.1 Å². The highest BCUT2D eigenvalue weighted by Crippen LogP contribution is 2.20. The van der Waals surface area contributed by atoms with Crippen LogP contribution in [0.25, 0.3) is 11.4 Å². The summed E-state index contributed by atoms with van der Waals surface area (Å²) in [6.07, 6.45) is 3.38. The molecule has 0 unspecified atom stereocenters. The Labute approximate surface area is 168 Å². The number of fused-ring (bicyclic) bond motifs is 1. The molecule has 1 aromatic carbocycles. The van der Waals surface area contributed by atoms with Crippen LogP contribution in [0.3, 0.4) is 0 Å². The third kappa shape index (κ3) is 4.10. The Hall–Kier alpha value is -2.91. The minimum atomic E-state index is -3.55. The van der Waals surface area contributed by atoms with Gasteiger partial charge in [0.25, 0.3) is 5.56 Å². The van der Waals surface area contributed by atoms with E-state index in [1.54, 1.807) is 0 Å². The van der Waals surface area contributed by atoms with E-state index in [1.807, 2.05) is 43.5 Å². The van der Waals surface area contributed by atoms with Crippen LogP contribution in [0, 0.1) is 6.92 Å². The van der Waals surface area contributed by atoms with Crippen molar-refractivity contribution in [1.82, 2.24) is 24.8 Å². The van der Waals surface area contributed by atoms with E-state index in [1.165, 1.54) is 0 Å². The van der Waals surface area contributed by atoms with Gasteiger partial charge in [-0.25, -0.2) is 23.4 Å². The van der Waals surface area contributed by atoms with Gasteiger partial charge in [0, 0.05) is 55.3 Å². The van der Waals surface area contributed by atoms with Gasteiger partial charge in [-0.05, 0) is 6.92 Å². The number of rotatable bonds is 4. The van der Waals surface area contributed by atoms with Crippen molar-refractivity contribution < 1.29 is 8.42 Å². The molecule has 0 spiro atoms. The lowest BCUT2D eigenvalue weighted by atomic mass is 10.1. The maximum absolute atomic E-state index is 12.4. The van der Waals surface area contributed by atoms with Gasteiger partial charge in [0.15, 0.2) is 5.82 Å². The molecule has 0 saturated carbocycles. The summed E-state index contributed by atoms with van der Waals surface area (Å²) in [4.78, 5) is 30.2. The first-order valence-corrected chi connectivity index (χ1v) is 11.1. The van der Waals surface area contributed by atoms with Crippen molar-refractivity contribution in [1.29, 1.82) is 0 Å². The van der Waals surface area contributed by atoms with Gasteiger partial charge >= 0.3 is 0 Å². The van der Waals surface area contributed by atoms with Gasteiger partial charge in [0.2, 0.25) is 15.0 Å². The van der Waals surface area contributed by atoms with Crippen molar-refractivity contribution >= 4 is 9.84 Å². The summed E-state index contributed by atoms with van der Waals surface area (Å²) >= 11 is 0. The van der Waals surface area contributed by atoms with Crippen LogP contribution in [-0.2, 0) is 29.3 Å². The van der Waals surface area contributed by atoms with Crippen LogP contribution in [0.1, 0.15) is 22.5 Å². The van der Waals surface area contributed by atoms with Crippen molar-refractivity contribution in [3.63, 3.8) is 0 Å². The van der Waals surface area contributed by atoms with Crippen LogP contribution in [0.5, 0.6) is 0 Å². The maximum Gasteiger partial charge on any atom is 0.256 e. The number of sulfone groups is 1. The molecule has 150 valence electrons. The number of nitrogens with zero attached hydrogens (tertiary/aromatic N) is 4. The van der Waals surface area contributed by atoms with Crippen LogP contribution >= 0.6 is 0 Å². The summed E-state index contributed by atoms with van der Waals surface area (Å²) in [7, 11) is -3.55. The molecular formula is C20H21N5O3S. The number of nitrogens with one attached hydrogen (secondary N) is 1. The predicted octanol–water partition coefficient (Wildman–Crippen LogP) is 1.50. The van der Waals surface area contributed by atoms with Crippen LogP contribution in [0.2, 0.25) is 0 Å². The van der Waals surface area contributed by atoms with Gasteiger partial charge in [-0.3, -0.25) is 14.7 Å². The quantitative estimate of drug-likeness (QED) is 0.648. The monoisotopic (exact) mass is 411 g/mol. The first-order valence-electron chi connectivity index (χ1n) is 9.23. The van der Waals surface area contributed by atoms with Gasteiger partial charge in [-0.15, -0.1) is 0 Å². The SMILES string of the molecule is Cc1nc(-c2ccccc2)ncc1CN1CCc2nc(S(C)(=O)=O)[nH]c(=O)c2C1. The lowest BCUT2D eigenvalue weighted by molar-refractivity contribution is 0.240. The first kappa shape index (κ1) is 19.4.